The van der Waals surface area contributed by atoms with Crippen LogP contribution >= 0.6 is 15.9 Å². The van der Waals surface area contributed by atoms with Crippen LogP contribution in [-0.4, -0.2) is 13.0 Å². The first-order valence-electron chi connectivity index (χ1n) is 6.66. The number of methoxy groups -OCH3 is 1. The van der Waals surface area contributed by atoms with Gasteiger partial charge in [-0.2, -0.15) is 0 Å². The van der Waals surface area contributed by atoms with Gasteiger partial charge in [0.15, 0.2) is 0 Å². The lowest BCUT2D eigenvalue weighted by Crippen LogP contribution is -2.16. The van der Waals surface area contributed by atoms with Crippen molar-refractivity contribution in [3.63, 3.8) is 0 Å². The first kappa shape index (κ1) is 13.9. The second kappa shape index (κ2) is 5.77. The number of carbonyl (C=O) groups is 1. The van der Waals surface area contributed by atoms with E-state index < -0.39 is 0 Å². The van der Waals surface area contributed by atoms with Crippen molar-refractivity contribution >= 4 is 33.2 Å². The van der Waals surface area contributed by atoms with Crippen LogP contribution in [0.5, 0.6) is 5.75 Å². The highest BCUT2D eigenvalue weighted by Crippen LogP contribution is 2.36. The van der Waals surface area contributed by atoms with E-state index in [-0.39, 0.29) is 11.9 Å². The molecule has 2 aromatic carbocycles. The van der Waals surface area contributed by atoms with Crippen molar-refractivity contribution in [2.24, 2.45) is 0 Å². The van der Waals surface area contributed by atoms with Crippen LogP contribution in [0, 0.1) is 0 Å². The quantitative estimate of drug-likeness (QED) is 0.865. The van der Waals surface area contributed by atoms with Gasteiger partial charge in [-0.3, -0.25) is 4.79 Å². The van der Waals surface area contributed by atoms with Gasteiger partial charge in [0.05, 0.1) is 30.9 Å². The SMILES string of the molecule is COc1ccc(Br)cc1C1CC(=O)Nc2ccccc2N1. The van der Waals surface area contributed by atoms with Crippen LogP contribution in [-0.2, 0) is 4.79 Å². The van der Waals surface area contributed by atoms with Crippen LogP contribution in [0.1, 0.15) is 18.0 Å². The van der Waals surface area contributed by atoms with Crippen LogP contribution in [0.15, 0.2) is 46.9 Å². The number of rotatable bonds is 2. The summed E-state index contributed by atoms with van der Waals surface area (Å²) >= 11 is 3.47. The fourth-order valence-corrected chi connectivity index (χ4v) is 2.89. The van der Waals surface area contributed by atoms with Crippen LogP contribution in [0.4, 0.5) is 11.4 Å². The lowest BCUT2D eigenvalue weighted by Gasteiger charge is -2.20. The molecule has 0 aliphatic carbocycles. The first-order valence-corrected chi connectivity index (χ1v) is 7.45. The van der Waals surface area contributed by atoms with E-state index in [1.807, 2.05) is 42.5 Å². The second-order valence-electron chi connectivity index (χ2n) is 4.88. The van der Waals surface area contributed by atoms with E-state index >= 15 is 0 Å². The molecule has 1 unspecified atom stereocenters. The number of fused-ring (bicyclic) bond motifs is 1. The summed E-state index contributed by atoms with van der Waals surface area (Å²) in [5.74, 6) is 0.752. The minimum Gasteiger partial charge on any atom is -0.496 e. The highest BCUT2D eigenvalue weighted by molar-refractivity contribution is 9.10. The smallest absolute Gasteiger partial charge is 0.226 e. The van der Waals surface area contributed by atoms with Gasteiger partial charge >= 0.3 is 0 Å². The topological polar surface area (TPSA) is 50.4 Å². The Morgan fingerprint density at radius 2 is 1.95 bits per heavy atom. The lowest BCUT2D eigenvalue weighted by atomic mass is 10.0. The van der Waals surface area contributed by atoms with Gasteiger partial charge in [-0.25, -0.2) is 0 Å². The predicted octanol–water partition coefficient (Wildman–Crippen LogP) is 3.95. The fourth-order valence-electron chi connectivity index (χ4n) is 2.51. The van der Waals surface area contributed by atoms with E-state index in [1.165, 1.54) is 0 Å². The van der Waals surface area contributed by atoms with Gasteiger partial charge in [-0.1, -0.05) is 28.1 Å². The zero-order chi connectivity index (χ0) is 14.8. The molecule has 0 bridgehead atoms. The normalized spacial score (nSPS) is 17.2. The summed E-state index contributed by atoms with van der Waals surface area (Å²) in [5, 5.41) is 6.34. The summed E-state index contributed by atoms with van der Waals surface area (Å²) in [6.45, 7) is 0. The molecule has 108 valence electrons. The van der Waals surface area contributed by atoms with Gasteiger partial charge in [-0.05, 0) is 30.3 Å². The van der Waals surface area contributed by atoms with Crippen molar-refractivity contribution in [1.82, 2.24) is 0 Å². The minimum absolute atomic E-state index is 0.0144. The van der Waals surface area contributed by atoms with E-state index in [4.69, 9.17) is 4.74 Å². The Morgan fingerprint density at radius 1 is 1.19 bits per heavy atom. The highest BCUT2D eigenvalue weighted by Gasteiger charge is 2.24. The van der Waals surface area contributed by atoms with Crippen molar-refractivity contribution in [1.29, 1.82) is 0 Å². The maximum atomic E-state index is 12.1. The van der Waals surface area contributed by atoms with Crippen molar-refractivity contribution in [3.8, 4) is 5.75 Å². The number of halogens is 1. The molecule has 2 aromatic rings. The summed E-state index contributed by atoms with van der Waals surface area (Å²) in [4.78, 5) is 12.1. The van der Waals surface area contributed by atoms with E-state index in [9.17, 15) is 4.79 Å². The van der Waals surface area contributed by atoms with Gasteiger partial charge in [0.2, 0.25) is 5.91 Å². The molecular weight excluding hydrogens is 332 g/mol. The number of hydrogen-bond donors (Lipinski definition) is 2. The number of ether oxygens (including phenoxy) is 1. The van der Waals surface area contributed by atoms with Crippen LogP contribution in [0.3, 0.4) is 0 Å². The van der Waals surface area contributed by atoms with Crippen molar-refractivity contribution < 1.29 is 9.53 Å². The third kappa shape index (κ3) is 2.88. The van der Waals surface area contributed by atoms with E-state index in [2.05, 4.69) is 26.6 Å². The number of para-hydroxylation sites is 2. The number of benzene rings is 2. The number of nitrogens with one attached hydrogen (secondary N) is 2. The Kier molecular flexibility index (Phi) is 3.84. The zero-order valence-electron chi connectivity index (χ0n) is 11.5. The molecule has 1 atom stereocenters. The Hall–Kier alpha value is -2.01. The molecule has 21 heavy (non-hydrogen) atoms. The molecule has 1 heterocycles. The molecule has 2 N–H and O–H groups in total. The lowest BCUT2D eigenvalue weighted by molar-refractivity contribution is -0.116. The van der Waals surface area contributed by atoms with Crippen molar-refractivity contribution in [2.75, 3.05) is 17.7 Å². The number of carbonyl (C=O) groups excluding carboxylic acids is 1. The van der Waals surface area contributed by atoms with Crippen LogP contribution in [0.25, 0.3) is 0 Å². The van der Waals surface area contributed by atoms with Crippen molar-refractivity contribution in [2.45, 2.75) is 12.5 Å². The van der Waals surface area contributed by atoms with E-state index in [1.54, 1.807) is 7.11 Å². The van der Waals surface area contributed by atoms with Gasteiger partial charge in [-0.15, -0.1) is 0 Å². The Labute approximate surface area is 131 Å². The maximum Gasteiger partial charge on any atom is 0.226 e. The number of amides is 1. The molecule has 0 spiro atoms. The Bertz CT molecular complexity index is 688. The third-order valence-corrected chi connectivity index (χ3v) is 3.98. The van der Waals surface area contributed by atoms with E-state index in [0.717, 1.165) is 27.2 Å². The van der Waals surface area contributed by atoms with Gasteiger partial charge in [0.1, 0.15) is 5.75 Å². The summed E-state index contributed by atoms with van der Waals surface area (Å²) in [6.07, 6.45) is 0.349. The number of anilines is 2. The predicted molar refractivity (Wildman–Crippen MR) is 86.7 cm³/mol. The molecule has 0 saturated carbocycles. The summed E-state index contributed by atoms with van der Waals surface area (Å²) < 4.78 is 6.38. The minimum atomic E-state index is -0.138. The van der Waals surface area contributed by atoms with Gasteiger partial charge < -0.3 is 15.4 Å². The summed E-state index contributed by atoms with van der Waals surface area (Å²) in [5.41, 5.74) is 2.67. The van der Waals surface area contributed by atoms with Gasteiger partial charge in [0, 0.05) is 10.0 Å². The third-order valence-electron chi connectivity index (χ3n) is 3.49. The van der Waals surface area contributed by atoms with Crippen LogP contribution in [0.2, 0.25) is 0 Å². The first-order chi connectivity index (χ1) is 10.2. The average molecular weight is 347 g/mol. The standard InChI is InChI=1S/C16H15BrN2O2/c1-21-15-7-6-10(17)8-11(15)14-9-16(20)19-13-5-3-2-4-12(13)18-14/h2-8,14,18H,9H2,1H3,(H,19,20). The highest BCUT2D eigenvalue weighted by atomic mass is 79.9. The van der Waals surface area contributed by atoms with E-state index in [0.29, 0.717) is 6.42 Å². The largest absolute Gasteiger partial charge is 0.496 e. The molecule has 0 radical (unpaired) electrons. The maximum absolute atomic E-state index is 12.1. The molecule has 1 aliphatic heterocycles. The summed E-state index contributed by atoms with van der Waals surface area (Å²) in [6, 6.07) is 13.4. The number of hydrogen-bond acceptors (Lipinski definition) is 3. The molecule has 3 rings (SSSR count). The molecule has 5 heteroatoms. The molecule has 1 amide bonds. The molecule has 1 aliphatic rings. The molecule has 0 fully saturated rings. The molecule has 0 aromatic heterocycles. The Balaban J connectivity index is 2.03. The zero-order valence-corrected chi connectivity index (χ0v) is 13.1. The Morgan fingerprint density at radius 3 is 2.71 bits per heavy atom. The second-order valence-corrected chi connectivity index (χ2v) is 5.80. The molecule has 4 nitrogen and oxygen atoms in total. The molecule has 0 saturated heterocycles. The monoisotopic (exact) mass is 346 g/mol. The fraction of sp³-hybridized carbons (Fsp3) is 0.188. The van der Waals surface area contributed by atoms with Crippen LogP contribution < -0.4 is 15.4 Å². The van der Waals surface area contributed by atoms with Crippen molar-refractivity contribution in [3.05, 3.63) is 52.5 Å². The molecular formula is C16H15BrN2O2. The summed E-state index contributed by atoms with van der Waals surface area (Å²) in [7, 11) is 1.64. The average Bonchev–Trinajstić information content (AvgIpc) is 2.65. The van der Waals surface area contributed by atoms with Gasteiger partial charge in [0.25, 0.3) is 0 Å².